The normalized spacial score (nSPS) is 11.3. The van der Waals surface area contributed by atoms with Gasteiger partial charge in [-0.25, -0.2) is 24.0 Å². The average molecular weight is 389 g/mol. The first-order valence-electron chi connectivity index (χ1n) is 8.62. The molecule has 0 aliphatic rings. The maximum absolute atomic E-state index is 14.1. The highest BCUT2D eigenvalue weighted by Crippen LogP contribution is 2.35. The molecule has 5 rings (SSSR count). The van der Waals surface area contributed by atoms with Crippen LogP contribution in [-0.4, -0.2) is 34.8 Å². The molecule has 2 N–H and O–H groups in total. The Morgan fingerprint density at radius 1 is 1.14 bits per heavy atom. The molecule has 10 heteroatoms. The van der Waals surface area contributed by atoms with Gasteiger partial charge < -0.3 is 10.1 Å². The van der Waals surface area contributed by atoms with Crippen LogP contribution in [-0.2, 0) is 6.54 Å². The number of rotatable bonds is 4. The van der Waals surface area contributed by atoms with Crippen LogP contribution in [0.3, 0.4) is 0 Å². The van der Waals surface area contributed by atoms with E-state index in [1.165, 1.54) is 12.3 Å². The summed E-state index contributed by atoms with van der Waals surface area (Å²) in [5.74, 6) is -0.443. The molecule has 4 aromatic heterocycles. The van der Waals surface area contributed by atoms with Gasteiger partial charge in [-0.2, -0.15) is 5.10 Å². The number of nitrogens with zero attached hydrogens (tertiary/aromatic N) is 6. The summed E-state index contributed by atoms with van der Waals surface area (Å²) < 4.78 is 15.7. The van der Waals surface area contributed by atoms with Crippen LogP contribution < -0.4 is 0 Å². The van der Waals surface area contributed by atoms with Gasteiger partial charge >= 0.3 is 0 Å². The number of fused-ring (bicyclic) bond motifs is 2. The predicted octanol–water partition coefficient (Wildman–Crippen LogP) is 3.66. The molecule has 0 amide bonds. The fourth-order valence-corrected chi connectivity index (χ4v) is 3.23. The molecule has 0 spiro atoms. The Morgan fingerprint density at radius 2 is 2.00 bits per heavy atom. The molecule has 0 aliphatic heterocycles. The lowest BCUT2D eigenvalue weighted by Gasteiger charge is -2.04. The van der Waals surface area contributed by atoms with E-state index >= 15 is 0 Å². The molecule has 1 aromatic carbocycles. The molecule has 9 nitrogen and oxygen atoms in total. The number of hydrogen-bond acceptors (Lipinski definition) is 7. The van der Waals surface area contributed by atoms with Gasteiger partial charge in [0, 0.05) is 18.0 Å². The molecule has 0 bridgehead atoms. The fourth-order valence-electron chi connectivity index (χ4n) is 3.23. The van der Waals surface area contributed by atoms with Crippen LogP contribution in [0.15, 0.2) is 54.0 Å². The molecular formula is C19H12FN7O2. The number of hydrogen-bond donors (Lipinski definition) is 2. The predicted molar refractivity (Wildman–Crippen MR) is 103 cm³/mol. The van der Waals surface area contributed by atoms with Crippen molar-refractivity contribution >= 4 is 27.8 Å². The van der Waals surface area contributed by atoms with Crippen LogP contribution in [0.2, 0.25) is 0 Å². The molecule has 0 aliphatic carbocycles. The highest BCUT2D eigenvalue weighted by Gasteiger charge is 2.19. The minimum atomic E-state index is -0.377. The van der Waals surface area contributed by atoms with Crippen molar-refractivity contribution in [1.29, 1.82) is 0 Å². The van der Waals surface area contributed by atoms with Gasteiger partial charge in [-0.15, -0.1) is 4.91 Å². The molecule has 4 heterocycles. The lowest BCUT2D eigenvalue weighted by atomic mass is 10.2. The van der Waals surface area contributed by atoms with E-state index in [1.807, 2.05) is 6.07 Å². The summed E-state index contributed by atoms with van der Waals surface area (Å²) in [6, 6.07) is 10.0. The third-order valence-electron chi connectivity index (χ3n) is 4.59. The first kappa shape index (κ1) is 16.9. The summed E-state index contributed by atoms with van der Waals surface area (Å²) in [7, 11) is 0. The lowest BCUT2D eigenvalue weighted by Crippen LogP contribution is -2.04. The van der Waals surface area contributed by atoms with E-state index in [2.05, 4.69) is 30.2 Å². The number of aromatic nitrogens is 6. The summed E-state index contributed by atoms with van der Waals surface area (Å²) in [6.07, 6.45) is 3.02. The third-order valence-corrected chi connectivity index (χ3v) is 4.59. The summed E-state index contributed by atoms with van der Waals surface area (Å²) in [4.78, 5) is 26.5. The zero-order valence-electron chi connectivity index (χ0n) is 14.7. The third kappa shape index (κ3) is 2.69. The first-order chi connectivity index (χ1) is 14.2. The van der Waals surface area contributed by atoms with E-state index in [0.29, 0.717) is 27.7 Å². The van der Waals surface area contributed by atoms with Crippen LogP contribution >= 0.6 is 0 Å². The molecule has 0 unspecified atom stereocenters. The number of halogens is 1. The second kappa shape index (κ2) is 6.44. The largest absolute Gasteiger partial charge is 0.493 e. The summed E-state index contributed by atoms with van der Waals surface area (Å²) >= 11 is 0. The van der Waals surface area contributed by atoms with Crippen molar-refractivity contribution in [3.8, 4) is 17.4 Å². The van der Waals surface area contributed by atoms with E-state index in [0.717, 1.165) is 0 Å². The number of nitrogens with one attached hydrogen (secondary N) is 1. The Bertz CT molecular complexity index is 1390. The zero-order valence-corrected chi connectivity index (χ0v) is 14.7. The van der Waals surface area contributed by atoms with Crippen LogP contribution in [0, 0.1) is 10.7 Å². The Labute approximate surface area is 161 Å². The fraction of sp³-hybridized carbons (Fsp3) is 0.0526. The van der Waals surface area contributed by atoms with Crippen LogP contribution in [0.1, 0.15) is 5.56 Å². The quantitative estimate of drug-likeness (QED) is 0.452. The minimum absolute atomic E-state index is 0.150. The van der Waals surface area contributed by atoms with Crippen LogP contribution in [0.5, 0.6) is 5.88 Å². The van der Waals surface area contributed by atoms with Crippen molar-refractivity contribution < 1.29 is 9.50 Å². The van der Waals surface area contributed by atoms with E-state index < -0.39 is 0 Å². The summed E-state index contributed by atoms with van der Waals surface area (Å²) in [5.41, 5.74) is 1.58. The lowest BCUT2D eigenvalue weighted by molar-refractivity contribution is 0.459. The summed E-state index contributed by atoms with van der Waals surface area (Å²) in [6.45, 7) is 0.185. The molecule has 5 aromatic rings. The highest BCUT2D eigenvalue weighted by atomic mass is 19.1. The Hall–Kier alpha value is -4.21. The maximum Gasteiger partial charge on any atom is 0.221 e. The van der Waals surface area contributed by atoms with Gasteiger partial charge in [-0.3, -0.25) is 0 Å². The van der Waals surface area contributed by atoms with Gasteiger partial charge in [0.2, 0.25) is 5.88 Å². The average Bonchev–Trinajstić information content (AvgIpc) is 3.26. The van der Waals surface area contributed by atoms with E-state index in [-0.39, 0.29) is 35.4 Å². The van der Waals surface area contributed by atoms with Crippen molar-refractivity contribution in [2.45, 2.75) is 6.54 Å². The molecule has 0 atom stereocenters. The van der Waals surface area contributed by atoms with E-state index in [1.54, 1.807) is 35.1 Å². The van der Waals surface area contributed by atoms with Crippen molar-refractivity contribution in [3.63, 3.8) is 0 Å². The number of aromatic amines is 1. The smallest absolute Gasteiger partial charge is 0.221 e. The number of benzene rings is 1. The molecule has 0 saturated heterocycles. The van der Waals surface area contributed by atoms with Gasteiger partial charge in [-0.05, 0) is 23.4 Å². The van der Waals surface area contributed by atoms with Gasteiger partial charge in [0.25, 0.3) is 0 Å². The second-order valence-corrected chi connectivity index (χ2v) is 6.34. The Balaban J connectivity index is 1.67. The highest BCUT2D eigenvalue weighted by molar-refractivity contribution is 5.94. The number of H-pyrrole nitrogens is 1. The van der Waals surface area contributed by atoms with Crippen molar-refractivity contribution in [2.75, 3.05) is 0 Å². The number of nitroso groups, excluding NO2 is 1. The summed E-state index contributed by atoms with van der Waals surface area (Å²) in [5, 5.41) is 18.1. The van der Waals surface area contributed by atoms with Crippen LogP contribution in [0.25, 0.3) is 33.6 Å². The topological polar surface area (TPSA) is 122 Å². The van der Waals surface area contributed by atoms with Crippen LogP contribution in [0.4, 0.5) is 10.1 Å². The molecule has 142 valence electrons. The maximum atomic E-state index is 14.1. The molecule has 0 radical (unpaired) electrons. The molecule has 0 fully saturated rings. The number of aromatic hydroxyl groups is 1. The van der Waals surface area contributed by atoms with Crippen molar-refractivity contribution in [3.05, 3.63) is 65.1 Å². The van der Waals surface area contributed by atoms with Crippen molar-refractivity contribution in [1.82, 2.24) is 29.7 Å². The van der Waals surface area contributed by atoms with Crippen molar-refractivity contribution in [2.24, 2.45) is 5.18 Å². The second-order valence-electron chi connectivity index (χ2n) is 6.34. The zero-order chi connectivity index (χ0) is 20.0. The molecule has 29 heavy (non-hydrogen) atoms. The molecule has 0 saturated carbocycles. The monoisotopic (exact) mass is 389 g/mol. The molecular weight excluding hydrogens is 377 g/mol. The standard InChI is InChI=1S/C19H12FN7O2/c20-13-6-2-1-4-10(13)9-27-18-11(5-3-7-21-18)14(25-27)17-22-8-12-15(26-29)19(28)24-16(12)23-17/h1-8,28H,9H2,(H,22,23,24). The SMILES string of the molecule is O=Nc1c(O)[nH]c2nc(-c3nn(Cc4ccccc4F)c4ncccc34)ncc12. The van der Waals surface area contributed by atoms with E-state index in [4.69, 9.17) is 0 Å². The Morgan fingerprint density at radius 3 is 2.83 bits per heavy atom. The van der Waals surface area contributed by atoms with Gasteiger partial charge in [-0.1, -0.05) is 18.2 Å². The van der Waals surface area contributed by atoms with Gasteiger partial charge in [0.05, 0.1) is 17.3 Å². The first-order valence-corrected chi connectivity index (χ1v) is 8.62. The van der Waals surface area contributed by atoms with Gasteiger partial charge in [0.1, 0.15) is 17.2 Å². The van der Waals surface area contributed by atoms with Gasteiger partial charge in [0.15, 0.2) is 17.2 Å². The number of pyridine rings is 1. The van der Waals surface area contributed by atoms with E-state index in [9.17, 15) is 14.4 Å². The Kier molecular flexibility index (Phi) is 3.76. The minimum Gasteiger partial charge on any atom is -0.493 e.